The second-order valence-electron chi connectivity index (χ2n) is 6.59. The van der Waals surface area contributed by atoms with Crippen LogP contribution in [0.5, 0.6) is 5.88 Å². The highest BCUT2D eigenvalue weighted by Crippen LogP contribution is 2.29. The fourth-order valence-electron chi connectivity index (χ4n) is 3.54. The quantitative estimate of drug-likeness (QED) is 0.784. The Bertz CT molecular complexity index is 955. The monoisotopic (exact) mass is 347 g/mol. The third-order valence-corrected chi connectivity index (χ3v) is 4.72. The summed E-state index contributed by atoms with van der Waals surface area (Å²) in [4.78, 5) is 21.2. The van der Waals surface area contributed by atoms with Crippen molar-refractivity contribution in [2.45, 2.75) is 32.2 Å². The molecule has 0 aliphatic heterocycles. The Kier molecular flexibility index (Phi) is 4.52. The van der Waals surface area contributed by atoms with E-state index in [0.717, 1.165) is 30.2 Å². The van der Waals surface area contributed by atoms with Crippen molar-refractivity contribution in [1.82, 2.24) is 15.3 Å². The van der Waals surface area contributed by atoms with Gasteiger partial charge in [0.25, 0.3) is 5.91 Å². The molecule has 0 radical (unpaired) electrons. The minimum absolute atomic E-state index is 0.0555. The molecule has 1 heterocycles. The van der Waals surface area contributed by atoms with Crippen molar-refractivity contribution < 1.29 is 9.53 Å². The molecule has 4 rings (SSSR count). The summed E-state index contributed by atoms with van der Waals surface area (Å²) in [5.41, 5.74) is 3.36. The second-order valence-corrected chi connectivity index (χ2v) is 6.59. The second kappa shape index (κ2) is 7.12. The van der Waals surface area contributed by atoms with E-state index in [0.29, 0.717) is 11.7 Å². The van der Waals surface area contributed by atoms with Gasteiger partial charge in [-0.15, -0.1) is 0 Å². The van der Waals surface area contributed by atoms with Crippen LogP contribution in [0.15, 0.2) is 48.5 Å². The minimum atomic E-state index is -0.132. The van der Waals surface area contributed by atoms with E-state index in [9.17, 15) is 4.79 Å². The molecule has 1 atom stereocenters. The Morgan fingerprint density at radius 1 is 1.15 bits per heavy atom. The topological polar surface area (TPSA) is 64.1 Å². The molecule has 1 aliphatic rings. The van der Waals surface area contributed by atoms with Crippen LogP contribution in [0.1, 0.15) is 35.8 Å². The largest absolute Gasteiger partial charge is 0.467 e. The first-order valence-corrected chi connectivity index (χ1v) is 8.94. The highest BCUT2D eigenvalue weighted by atomic mass is 16.5. The molecule has 1 amide bonds. The molecule has 0 saturated heterocycles. The van der Waals surface area contributed by atoms with Crippen molar-refractivity contribution >= 4 is 16.8 Å². The number of fused-ring (bicyclic) bond motifs is 2. The molecule has 0 fully saturated rings. The van der Waals surface area contributed by atoms with Crippen LogP contribution in [-0.2, 0) is 11.2 Å². The molecule has 2 aromatic carbocycles. The summed E-state index contributed by atoms with van der Waals surface area (Å²) < 4.78 is 5.73. The van der Waals surface area contributed by atoms with Gasteiger partial charge in [-0.2, -0.15) is 4.98 Å². The van der Waals surface area contributed by atoms with Crippen molar-refractivity contribution in [3.63, 3.8) is 0 Å². The summed E-state index contributed by atoms with van der Waals surface area (Å²) in [6.07, 6.45) is 3.11. The summed E-state index contributed by atoms with van der Waals surface area (Å²) in [5, 5.41) is 3.91. The molecular weight excluding hydrogens is 326 g/mol. The number of para-hydroxylation sites is 1. The molecule has 1 N–H and O–H groups in total. The number of aromatic nitrogens is 2. The van der Waals surface area contributed by atoms with Crippen molar-refractivity contribution in [3.8, 4) is 5.88 Å². The number of hydrogen-bond acceptors (Lipinski definition) is 4. The number of carbonyl (C=O) groups is 1. The van der Waals surface area contributed by atoms with E-state index in [1.165, 1.54) is 11.1 Å². The smallest absolute Gasteiger partial charge is 0.258 e. The predicted octanol–water partition coefficient (Wildman–Crippen LogP) is 3.51. The Hall–Kier alpha value is -2.95. The number of nitrogens with one attached hydrogen (secondary N) is 1. The molecule has 0 saturated carbocycles. The van der Waals surface area contributed by atoms with Crippen LogP contribution < -0.4 is 10.1 Å². The average molecular weight is 347 g/mol. The summed E-state index contributed by atoms with van der Waals surface area (Å²) in [6.45, 7) is 1.76. The average Bonchev–Trinajstić information content (AvgIpc) is 2.66. The third-order valence-electron chi connectivity index (χ3n) is 4.72. The maximum Gasteiger partial charge on any atom is 0.258 e. The zero-order valence-corrected chi connectivity index (χ0v) is 14.7. The van der Waals surface area contributed by atoms with Crippen LogP contribution in [0.25, 0.3) is 10.9 Å². The van der Waals surface area contributed by atoms with Gasteiger partial charge in [-0.1, -0.05) is 36.4 Å². The van der Waals surface area contributed by atoms with Gasteiger partial charge >= 0.3 is 0 Å². The van der Waals surface area contributed by atoms with Gasteiger partial charge in [-0.05, 0) is 49.4 Å². The first-order valence-electron chi connectivity index (χ1n) is 8.94. The lowest BCUT2D eigenvalue weighted by molar-refractivity contribution is -0.124. The van der Waals surface area contributed by atoms with Crippen LogP contribution in [0, 0.1) is 6.92 Å². The Morgan fingerprint density at radius 2 is 1.96 bits per heavy atom. The molecule has 5 nitrogen and oxygen atoms in total. The Balaban J connectivity index is 1.46. The highest BCUT2D eigenvalue weighted by Gasteiger charge is 2.21. The van der Waals surface area contributed by atoms with Crippen LogP contribution in [0.3, 0.4) is 0 Å². The third kappa shape index (κ3) is 3.38. The van der Waals surface area contributed by atoms with E-state index in [1.54, 1.807) is 0 Å². The molecule has 132 valence electrons. The van der Waals surface area contributed by atoms with Gasteiger partial charge in [0, 0.05) is 0 Å². The van der Waals surface area contributed by atoms with E-state index in [4.69, 9.17) is 4.74 Å². The molecule has 5 heteroatoms. The molecule has 0 spiro atoms. The van der Waals surface area contributed by atoms with Crippen molar-refractivity contribution in [3.05, 3.63) is 65.5 Å². The summed E-state index contributed by atoms with van der Waals surface area (Å²) in [7, 11) is 0. The fraction of sp³-hybridized carbons (Fsp3) is 0.286. The molecule has 1 aromatic heterocycles. The normalized spacial score (nSPS) is 16.1. The molecule has 1 aliphatic carbocycles. The number of carbonyl (C=O) groups excluding carboxylic acids is 1. The van der Waals surface area contributed by atoms with Crippen LogP contribution in [0.2, 0.25) is 0 Å². The number of ether oxygens (including phenoxy) is 1. The first kappa shape index (κ1) is 16.5. The summed E-state index contributed by atoms with van der Waals surface area (Å²) in [6, 6.07) is 16.0. The molecule has 3 aromatic rings. The van der Waals surface area contributed by atoms with Gasteiger partial charge in [0.05, 0.1) is 16.9 Å². The van der Waals surface area contributed by atoms with Gasteiger partial charge in [0.15, 0.2) is 6.61 Å². The maximum absolute atomic E-state index is 12.4. The van der Waals surface area contributed by atoms with Gasteiger partial charge in [-0.3, -0.25) is 4.79 Å². The number of hydrogen-bond donors (Lipinski definition) is 1. The lowest BCUT2D eigenvalue weighted by Crippen LogP contribution is -2.34. The number of aryl methyl sites for hydroxylation is 2. The molecular formula is C21H21N3O2. The summed E-state index contributed by atoms with van der Waals surface area (Å²) >= 11 is 0. The molecule has 0 unspecified atom stereocenters. The van der Waals surface area contributed by atoms with Crippen LogP contribution in [0.4, 0.5) is 0 Å². The lowest BCUT2D eigenvalue weighted by atomic mass is 9.88. The fourth-order valence-corrected chi connectivity index (χ4v) is 3.54. The first-order chi connectivity index (χ1) is 12.7. The standard InChI is InChI=1S/C21H21N3O2/c1-14-22-19-11-5-4-10-17(19)21(23-14)26-13-20(25)24-18-12-6-8-15-7-2-3-9-16(15)18/h2-5,7,9-11,18H,6,8,12-13H2,1H3,(H,24,25)/t18-/m1/s1. The zero-order chi connectivity index (χ0) is 17.9. The maximum atomic E-state index is 12.4. The molecule has 26 heavy (non-hydrogen) atoms. The van der Waals surface area contributed by atoms with E-state index in [1.807, 2.05) is 37.3 Å². The number of benzene rings is 2. The molecule has 0 bridgehead atoms. The highest BCUT2D eigenvalue weighted by molar-refractivity contribution is 5.84. The van der Waals surface area contributed by atoms with Gasteiger partial charge in [-0.25, -0.2) is 4.98 Å². The van der Waals surface area contributed by atoms with Gasteiger partial charge < -0.3 is 10.1 Å². The zero-order valence-electron chi connectivity index (χ0n) is 14.7. The number of amides is 1. The van der Waals surface area contributed by atoms with E-state index in [2.05, 4.69) is 33.5 Å². The lowest BCUT2D eigenvalue weighted by Gasteiger charge is -2.26. The van der Waals surface area contributed by atoms with Crippen LogP contribution >= 0.6 is 0 Å². The number of rotatable bonds is 4. The predicted molar refractivity (Wildman–Crippen MR) is 100 cm³/mol. The Morgan fingerprint density at radius 3 is 2.88 bits per heavy atom. The van der Waals surface area contributed by atoms with E-state index >= 15 is 0 Å². The minimum Gasteiger partial charge on any atom is -0.467 e. The van der Waals surface area contributed by atoms with Crippen molar-refractivity contribution in [2.24, 2.45) is 0 Å². The van der Waals surface area contributed by atoms with Gasteiger partial charge in [0.1, 0.15) is 5.82 Å². The van der Waals surface area contributed by atoms with E-state index < -0.39 is 0 Å². The van der Waals surface area contributed by atoms with Gasteiger partial charge in [0.2, 0.25) is 5.88 Å². The summed E-state index contributed by atoms with van der Waals surface area (Å²) in [5.74, 6) is 0.944. The van der Waals surface area contributed by atoms with E-state index in [-0.39, 0.29) is 18.6 Å². The Labute approximate surface area is 152 Å². The van der Waals surface area contributed by atoms with Crippen molar-refractivity contribution in [2.75, 3.05) is 6.61 Å². The SMILES string of the molecule is Cc1nc(OCC(=O)N[C@@H]2CCCc3ccccc32)c2ccccc2n1. The van der Waals surface area contributed by atoms with Crippen molar-refractivity contribution in [1.29, 1.82) is 0 Å². The number of nitrogens with zero attached hydrogens (tertiary/aromatic N) is 2. The van der Waals surface area contributed by atoms with Crippen LogP contribution in [-0.4, -0.2) is 22.5 Å².